The van der Waals surface area contributed by atoms with Crippen LogP contribution in [0.4, 0.5) is 19.0 Å². The molecule has 0 saturated carbocycles. The highest BCUT2D eigenvalue weighted by atomic mass is 19.4. The van der Waals surface area contributed by atoms with Crippen molar-refractivity contribution in [2.45, 2.75) is 12.6 Å². The number of alkyl halides is 3. The Morgan fingerprint density at radius 3 is 2.47 bits per heavy atom. The Morgan fingerprint density at radius 2 is 1.77 bits per heavy atom. The van der Waals surface area contributed by atoms with Gasteiger partial charge in [-0.25, -0.2) is 9.97 Å². The largest absolute Gasteiger partial charge is 0.454 e. The number of halogens is 3. The molecule has 0 saturated heterocycles. The van der Waals surface area contributed by atoms with Gasteiger partial charge < -0.3 is 11.1 Å². The molecule has 152 valence electrons. The van der Waals surface area contributed by atoms with E-state index in [0.29, 0.717) is 41.0 Å². The number of hydrogen-bond acceptors (Lipinski definition) is 5. The molecule has 1 aliphatic rings. The summed E-state index contributed by atoms with van der Waals surface area (Å²) in [6.45, 7) is 0.541. The van der Waals surface area contributed by atoms with Crippen LogP contribution >= 0.6 is 0 Å². The molecule has 4 rings (SSSR count). The SMILES string of the molecule is Nc1ncc(-c2ccc(C(=O)C(F)(F)F)cc2)nc1-c1ccc2c(c1)CCNC2=O. The number of Topliss-reactive ketones (excluding diaryl/α,β-unsaturated/α-hetero) is 1. The average Bonchev–Trinajstić information content (AvgIpc) is 2.73. The molecule has 1 aromatic heterocycles. The van der Waals surface area contributed by atoms with Crippen molar-refractivity contribution in [1.29, 1.82) is 0 Å². The van der Waals surface area contributed by atoms with Gasteiger partial charge in [0.05, 0.1) is 11.9 Å². The first-order chi connectivity index (χ1) is 14.2. The molecule has 3 aromatic rings. The summed E-state index contributed by atoms with van der Waals surface area (Å²) in [6, 6.07) is 10.2. The molecule has 9 heteroatoms. The number of nitrogens with zero attached hydrogens (tertiary/aromatic N) is 2. The van der Waals surface area contributed by atoms with Crippen LogP contribution in [0.3, 0.4) is 0 Å². The van der Waals surface area contributed by atoms with Gasteiger partial charge in [-0.1, -0.05) is 30.3 Å². The highest BCUT2D eigenvalue weighted by Crippen LogP contribution is 2.29. The first-order valence-corrected chi connectivity index (χ1v) is 9.00. The number of ketones is 1. The second kappa shape index (κ2) is 7.25. The molecule has 0 atom stereocenters. The Morgan fingerprint density at radius 1 is 1.07 bits per heavy atom. The highest BCUT2D eigenvalue weighted by molar-refractivity contribution is 6.00. The summed E-state index contributed by atoms with van der Waals surface area (Å²) in [7, 11) is 0. The molecule has 2 aromatic carbocycles. The minimum Gasteiger partial charge on any atom is -0.382 e. The Hall–Kier alpha value is -3.75. The molecule has 0 radical (unpaired) electrons. The van der Waals surface area contributed by atoms with Crippen molar-refractivity contribution < 1.29 is 22.8 Å². The third-order valence-electron chi connectivity index (χ3n) is 4.80. The zero-order chi connectivity index (χ0) is 21.5. The molecule has 30 heavy (non-hydrogen) atoms. The van der Waals surface area contributed by atoms with Crippen molar-refractivity contribution in [2.24, 2.45) is 0 Å². The number of aromatic nitrogens is 2. The van der Waals surface area contributed by atoms with Gasteiger partial charge in [0.15, 0.2) is 0 Å². The maximum atomic E-state index is 12.6. The molecule has 0 aliphatic carbocycles. The second-order valence-corrected chi connectivity index (χ2v) is 6.77. The molecule has 0 bridgehead atoms. The van der Waals surface area contributed by atoms with Crippen LogP contribution < -0.4 is 11.1 Å². The lowest BCUT2D eigenvalue weighted by Crippen LogP contribution is -2.31. The molecule has 0 fully saturated rings. The van der Waals surface area contributed by atoms with Gasteiger partial charge in [-0.2, -0.15) is 13.2 Å². The third-order valence-corrected chi connectivity index (χ3v) is 4.80. The number of nitrogens with two attached hydrogens (primary N) is 1. The van der Waals surface area contributed by atoms with E-state index in [0.717, 1.165) is 17.7 Å². The van der Waals surface area contributed by atoms with Crippen LogP contribution in [0.25, 0.3) is 22.5 Å². The second-order valence-electron chi connectivity index (χ2n) is 6.77. The van der Waals surface area contributed by atoms with Gasteiger partial charge in [0.1, 0.15) is 11.5 Å². The molecule has 3 N–H and O–H groups in total. The molecule has 1 aliphatic heterocycles. The third kappa shape index (κ3) is 3.61. The van der Waals surface area contributed by atoms with E-state index in [1.54, 1.807) is 12.1 Å². The lowest BCUT2D eigenvalue weighted by Gasteiger charge is -2.17. The lowest BCUT2D eigenvalue weighted by molar-refractivity contribution is -0.0885. The van der Waals surface area contributed by atoms with Crippen LogP contribution in [0.15, 0.2) is 48.7 Å². The van der Waals surface area contributed by atoms with Crippen molar-refractivity contribution in [3.63, 3.8) is 0 Å². The molecule has 0 unspecified atom stereocenters. The van der Waals surface area contributed by atoms with Gasteiger partial charge >= 0.3 is 6.18 Å². The summed E-state index contributed by atoms with van der Waals surface area (Å²) in [4.78, 5) is 31.9. The fourth-order valence-electron chi connectivity index (χ4n) is 3.28. The number of hydrogen-bond donors (Lipinski definition) is 2. The maximum Gasteiger partial charge on any atom is 0.454 e. The van der Waals surface area contributed by atoms with E-state index in [1.807, 2.05) is 6.07 Å². The quantitative estimate of drug-likeness (QED) is 0.643. The van der Waals surface area contributed by atoms with Crippen molar-refractivity contribution in [3.8, 4) is 22.5 Å². The van der Waals surface area contributed by atoms with Gasteiger partial charge in [0, 0.05) is 28.8 Å². The van der Waals surface area contributed by atoms with Gasteiger partial charge in [-0.15, -0.1) is 0 Å². The smallest absolute Gasteiger partial charge is 0.382 e. The average molecular weight is 412 g/mol. The summed E-state index contributed by atoms with van der Waals surface area (Å²) in [5.41, 5.74) is 8.96. The zero-order valence-electron chi connectivity index (χ0n) is 15.5. The number of rotatable bonds is 3. The van der Waals surface area contributed by atoms with E-state index in [2.05, 4.69) is 15.3 Å². The van der Waals surface area contributed by atoms with Crippen LogP contribution in [-0.4, -0.2) is 34.4 Å². The predicted molar refractivity (Wildman–Crippen MR) is 104 cm³/mol. The normalized spacial score (nSPS) is 13.5. The summed E-state index contributed by atoms with van der Waals surface area (Å²) in [5, 5.41) is 2.78. The number of nitrogen functional groups attached to an aromatic ring is 1. The van der Waals surface area contributed by atoms with Crippen LogP contribution in [0, 0.1) is 0 Å². The minimum absolute atomic E-state index is 0.135. The Bertz CT molecular complexity index is 1160. The van der Waals surface area contributed by atoms with Crippen LogP contribution in [0.5, 0.6) is 0 Å². The standard InChI is InChI=1S/C21H15F3N4O2/c22-21(23,24)18(29)12-3-1-11(2-4-12)16-10-27-19(25)17(28-16)14-5-6-15-13(9-14)7-8-26-20(15)30/h1-6,9-10H,7-8H2,(H2,25,27)(H,26,30). The van der Waals surface area contributed by atoms with Crippen molar-refractivity contribution >= 4 is 17.5 Å². The van der Waals surface area contributed by atoms with Gasteiger partial charge in [0.25, 0.3) is 11.7 Å². The summed E-state index contributed by atoms with van der Waals surface area (Å²) in [5.74, 6) is -1.86. The number of benzene rings is 2. The van der Waals surface area contributed by atoms with Gasteiger partial charge in [-0.3, -0.25) is 9.59 Å². The highest BCUT2D eigenvalue weighted by Gasteiger charge is 2.39. The fraction of sp³-hybridized carbons (Fsp3) is 0.143. The van der Waals surface area contributed by atoms with E-state index >= 15 is 0 Å². The maximum absolute atomic E-state index is 12.6. The minimum atomic E-state index is -4.93. The van der Waals surface area contributed by atoms with E-state index < -0.39 is 17.5 Å². The van der Waals surface area contributed by atoms with Crippen LogP contribution in [-0.2, 0) is 6.42 Å². The first-order valence-electron chi connectivity index (χ1n) is 9.00. The Labute approximate surface area is 169 Å². The predicted octanol–water partition coefficient (Wildman–Crippen LogP) is 3.42. The van der Waals surface area contributed by atoms with Crippen molar-refractivity contribution in [3.05, 3.63) is 65.4 Å². The number of nitrogens with one attached hydrogen (secondary N) is 1. The molecule has 0 spiro atoms. The molecule has 1 amide bonds. The van der Waals surface area contributed by atoms with Crippen molar-refractivity contribution in [2.75, 3.05) is 12.3 Å². The van der Waals surface area contributed by atoms with Crippen molar-refractivity contribution in [1.82, 2.24) is 15.3 Å². The number of amides is 1. The van der Waals surface area contributed by atoms with Gasteiger partial charge in [0.2, 0.25) is 0 Å². The molecule has 2 heterocycles. The van der Waals surface area contributed by atoms with Crippen LogP contribution in [0.2, 0.25) is 0 Å². The lowest BCUT2D eigenvalue weighted by atomic mass is 9.96. The van der Waals surface area contributed by atoms with E-state index in [9.17, 15) is 22.8 Å². The monoisotopic (exact) mass is 412 g/mol. The van der Waals surface area contributed by atoms with E-state index in [1.165, 1.54) is 18.3 Å². The Kier molecular flexibility index (Phi) is 4.73. The molecular formula is C21H15F3N4O2. The van der Waals surface area contributed by atoms with E-state index in [-0.39, 0.29) is 11.7 Å². The number of carbonyl (C=O) groups excluding carboxylic acids is 2. The summed E-state index contributed by atoms with van der Waals surface area (Å²) < 4.78 is 37.7. The summed E-state index contributed by atoms with van der Waals surface area (Å²) in [6.07, 6.45) is -2.85. The fourth-order valence-corrected chi connectivity index (χ4v) is 3.28. The number of carbonyl (C=O) groups is 2. The first kappa shape index (κ1) is 19.6. The number of anilines is 1. The summed E-state index contributed by atoms with van der Waals surface area (Å²) >= 11 is 0. The van der Waals surface area contributed by atoms with Gasteiger partial charge in [-0.05, 0) is 24.1 Å². The zero-order valence-corrected chi connectivity index (χ0v) is 15.5. The number of fused-ring (bicyclic) bond motifs is 1. The van der Waals surface area contributed by atoms with E-state index in [4.69, 9.17) is 5.73 Å². The Balaban J connectivity index is 1.69. The molecule has 6 nitrogen and oxygen atoms in total. The van der Waals surface area contributed by atoms with Crippen LogP contribution in [0.1, 0.15) is 26.3 Å². The molecular weight excluding hydrogens is 397 g/mol. The topological polar surface area (TPSA) is 98.0 Å².